The number of hydrogen-bond donors (Lipinski definition) is 2. The fourth-order valence-corrected chi connectivity index (χ4v) is 0.667. The molecule has 1 aromatic carbocycles. The van der Waals surface area contributed by atoms with Crippen LogP contribution in [-0.4, -0.2) is 16.0 Å². The van der Waals surface area contributed by atoms with Gasteiger partial charge in [-0.3, -0.25) is 0 Å². The molecule has 0 spiro atoms. The number of rotatable bonds is 1. The third-order valence-electron chi connectivity index (χ3n) is 1.24. The Morgan fingerprint density at radius 2 is 1.79 bits per heavy atom. The first-order valence-electron chi connectivity index (χ1n) is 4.09. The van der Waals surface area contributed by atoms with Crippen LogP contribution in [0.25, 0.3) is 6.08 Å². The summed E-state index contributed by atoms with van der Waals surface area (Å²) in [6, 6.07) is 4.54. The van der Waals surface area contributed by atoms with Crippen LogP contribution in [-0.2, 0) is 4.79 Å². The van der Waals surface area contributed by atoms with Gasteiger partial charge in [0.05, 0.1) is 0 Å². The van der Waals surface area contributed by atoms with Gasteiger partial charge in [-0.15, -0.1) is 0 Å². The van der Waals surface area contributed by atoms with E-state index in [1.54, 1.807) is 12.1 Å². The van der Waals surface area contributed by atoms with E-state index in [9.17, 15) is 4.79 Å². The number of carbonyl (C=O) groups excluding carboxylic acids is 1. The van der Waals surface area contributed by atoms with Crippen LogP contribution >= 0.6 is 0 Å². The Kier molecular flexibility index (Phi) is 5.07. The lowest BCUT2D eigenvalue weighted by Gasteiger charge is -1.96. The first-order chi connectivity index (χ1) is 6.47. The Balaban J connectivity index is 0.000000364. The van der Waals surface area contributed by atoms with Gasteiger partial charge in [-0.2, -0.15) is 0 Å². The van der Waals surface area contributed by atoms with E-state index in [1.165, 1.54) is 26.0 Å². The molecule has 1 rings (SSSR count). The zero-order valence-electron chi connectivity index (χ0n) is 8.32. The van der Waals surface area contributed by atoms with Gasteiger partial charge >= 0.3 is 0 Å². The van der Waals surface area contributed by atoms with Crippen LogP contribution in [0.15, 0.2) is 24.8 Å². The summed E-state index contributed by atoms with van der Waals surface area (Å²) in [5.74, 6) is -0.0528. The molecule has 0 unspecified atom stereocenters. The van der Waals surface area contributed by atoms with E-state index in [1.807, 2.05) is 0 Å². The second kappa shape index (κ2) is 5.80. The van der Waals surface area contributed by atoms with E-state index in [0.29, 0.717) is 0 Å². The molecule has 0 atom stereocenters. The van der Waals surface area contributed by atoms with Gasteiger partial charge in [-0.1, -0.05) is 18.7 Å². The fraction of sp³-hybridized carbons (Fsp3) is 0.182. The zero-order chi connectivity index (χ0) is 11.1. The number of aromatic hydroxyl groups is 2. The number of phenolic OH excluding ortho intramolecular Hbond substituents is 2. The Morgan fingerprint density at radius 3 is 2.14 bits per heavy atom. The smallest absolute Gasteiger partial charge is 0.157 e. The van der Waals surface area contributed by atoms with Gasteiger partial charge in [-0.05, 0) is 31.5 Å². The molecule has 0 aliphatic carbocycles. The molecule has 1 aromatic rings. The third-order valence-corrected chi connectivity index (χ3v) is 1.24. The SMILES string of the molecule is C=Cc1ccc(O)c(O)c1.CC(C)=O. The highest BCUT2D eigenvalue weighted by atomic mass is 16.3. The number of hydrogen-bond acceptors (Lipinski definition) is 3. The van der Waals surface area contributed by atoms with Gasteiger partial charge in [0.1, 0.15) is 5.78 Å². The quantitative estimate of drug-likeness (QED) is 0.674. The van der Waals surface area contributed by atoms with Crippen molar-refractivity contribution in [2.45, 2.75) is 13.8 Å². The molecule has 0 saturated carbocycles. The van der Waals surface area contributed by atoms with Crippen molar-refractivity contribution in [1.29, 1.82) is 0 Å². The molecule has 0 aliphatic rings. The van der Waals surface area contributed by atoms with Gasteiger partial charge in [0.25, 0.3) is 0 Å². The Labute approximate surface area is 83.3 Å². The van der Waals surface area contributed by atoms with Crippen molar-refractivity contribution >= 4 is 11.9 Å². The zero-order valence-corrected chi connectivity index (χ0v) is 8.32. The van der Waals surface area contributed by atoms with Crippen molar-refractivity contribution in [2.24, 2.45) is 0 Å². The lowest BCUT2D eigenvalue weighted by Crippen LogP contribution is -1.71. The minimum Gasteiger partial charge on any atom is -0.504 e. The molecular weight excluding hydrogens is 180 g/mol. The fourth-order valence-electron chi connectivity index (χ4n) is 0.667. The molecule has 2 N–H and O–H groups in total. The van der Waals surface area contributed by atoms with Gasteiger partial charge in [0.2, 0.25) is 0 Å². The summed E-state index contributed by atoms with van der Waals surface area (Å²) in [5, 5.41) is 17.8. The molecule has 0 aromatic heterocycles. The van der Waals surface area contributed by atoms with Gasteiger partial charge in [0, 0.05) is 0 Å². The number of benzene rings is 1. The van der Waals surface area contributed by atoms with Crippen LogP contribution < -0.4 is 0 Å². The minimum absolute atomic E-state index is 0.106. The van der Waals surface area contributed by atoms with E-state index < -0.39 is 0 Å². The van der Waals surface area contributed by atoms with Crippen molar-refractivity contribution in [2.75, 3.05) is 0 Å². The van der Waals surface area contributed by atoms with Crippen molar-refractivity contribution in [3.05, 3.63) is 30.3 Å². The van der Waals surface area contributed by atoms with Crippen molar-refractivity contribution in [1.82, 2.24) is 0 Å². The summed E-state index contributed by atoms with van der Waals surface area (Å²) in [4.78, 5) is 9.44. The van der Waals surface area contributed by atoms with E-state index in [2.05, 4.69) is 6.58 Å². The molecule has 0 amide bonds. The molecule has 0 radical (unpaired) electrons. The lowest BCUT2D eigenvalue weighted by atomic mass is 10.2. The number of Topliss-reactive ketones (excluding diaryl/α,β-unsaturated/α-hetero) is 1. The molecule has 3 nitrogen and oxygen atoms in total. The molecule has 0 fully saturated rings. The Bertz CT molecular complexity index is 325. The average molecular weight is 194 g/mol. The normalized spacial score (nSPS) is 8.43. The lowest BCUT2D eigenvalue weighted by molar-refractivity contribution is -0.114. The number of carbonyl (C=O) groups is 1. The number of ketones is 1. The Hall–Kier alpha value is -1.77. The van der Waals surface area contributed by atoms with Crippen molar-refractivity contribution in [3.8, 4) is 11.5 Å². The van der Waals surface area contributed by atoms with Gasteiger partial charge in [-0.25, -0.2) is 0 Å². The van der Waals surface area contributed by atoms with Crippen LogP contribution in [0.3, 0.4) is 0 Å². The maximum absolute atomic E-state index is 9.44. The summed E-state index contributed by atoms with van der Waals surface area (Å²) < 4.78 is 0. The summed E-state index contributed by atoms with van der Waals surface area (Å²) in [7, 11) is 0. The molecule has 0 aliphatic heterocycles. The van der Waals surface area contributed by atoms with Crippen LogP contribution in [0.4, 0.5) is 0 Å². The highest BCUT2D eigenvalue weighted by molar-refractivity contribution is 5.72. The molecular formula is C11H14O3. The standard InChI is InChI=1S/C8H8O2.C3H6O/c1-2-6-3-4-7(9)8(10)5-6;1-3(2)4/h2-5,9-10H,1H2;1-2H3. The molecule has 0 saturated heterocycles. The summed E-state index contributed by atoms with van der Waals surface area (Å²) >= 11 is 0. The number of phenols is 2. The maximum Gasteiger partial charge on any atom is 0.157 e. The van der Waals surface area contributed by atoms with E-state index >= 15 is 0 Å². The average Bonchev–Trinajstić information content (AvgIpc) is 2.09. The molecule has 76 valence electrons. The largest absolute Gasteiger partial charge is 0.504 e. The first kappa shape index (κ1) is 12.2. The van der Waals surface area contributed by atoms with E-state index in [0.717, 1.165) is 5.56 Å². The van der Waals surface area contributed by atoms with E-state index in [-0.39, 0.29) is 17.3 Å². The first-order valence-corrected chi connectivity index (χ1v) is 4.09. The summed E-state index contributed by atoms with van der Waals surface area (Å²) in [6.45, 7) is 6.56. The van der Waals surface area contributed by atoms with Gasteiger partial charge < -0.3 is 15.0 Å². The third kappa shape index (κ3) is 4.98. The topological polar surface area (TPSA) is 57.5 Å². The van der Waals surface area contributed by atoms with Crippen LogP contribution in [0.2, 0.25) is 0 Å². The summed E-state index contributed by atoms with van der Waals surface area (Å²) in [5.41, 5.74) is 0.787. The van der Waals surface area contributed by atoms with Crippen LogP contribution in [0.1, 0.15) is 19.4 Å². The molecule has 0 bridgehead atoms. The van der Waals surface area contributed by atoms with Crippen LogP contribution in [0.5, 0.6) is 11.5 Å². The predicted molar refractivity (Wildman–Crippen MR) is 56.2 cm³/mol. The van der Waals surface area contributed by atoms with Crippen molar-refractivity contribution < 1.29 is 15.0 Å². The monoisotopic (exact) mass is 194 g/mol. The van der Waals surface area contributed by atoms with Crippen molar-refractivity contribution in [3.63, 3.8) is 0 Å². The summed E-state index contributed by atoms with van der Waals surface area (Å²) in [6.07, 6.45) is 1.60. The minimum atomic E-state index is -0.114. The molecule has 14 heavy (non-hydrogen) atoms. The predicted octanol–water partition coefficient (Wildman–Crippen LogP) is 2.34. The van der Waals surface area contributed by atoms with E-state index in [4.69, 9.17) is 10.2 Å². The molecule has 0 heterocycles. The molecule has 3 heteroatoms. The van der Waals surface area contributed by atoms with Crippen LogP contribution in [0, 0.1) is 0 Å². The Morgan fingerprint density at radius 1 is 1.29 bits per heavy atom. The second-order valence-electron chi connectivity index (χ2n) is 2.86. The highest BCUT2D eigenvalue weighted by Crippen LogP contribution is 2.24. The maximum atomic E-state index is 9.44. The second-order valence-corrected chi connectivity index (χ2v) is 2.86. The highest BCUT2D eigenvalue weighted by Gasteiger charge is 1.95. The van der Waals surface area contributed by atoms with Gasteiger partial charge in [0.15, 0.2) is 11.5 Å².